The van der Waals surface area contributed by atoms with Gasteiger partial charge in [0, 0.05) is 6.20 Å². The monoisotopic (exact) mass is 341 g/mol. The second-order valence-electron chi connectivity index (χ2n) is 3.32. The quantitative estimate of drug-likeness (QED) is 0.724. The highest BCUT2D eigenvalue weighted by Gasteiger charge is 2.11. The number of aromatic amines is 1. The minimum atomic E-state index is 0.584. The molecule has 3 aromatic rings. The molecule has 0 amide bonds. The molecule has 3 aromatic heterocycles. The zero-order valence-electron chi connectivity index (χ0n) is 8.76. The molecule has 5 nitrogen and oxygen atoms in total. The molecule has 0 aromatic carbocycles. The maximum atomic E-state index is 5.85. The van der Waals surface area contributed by atoms with Crippen molar-refractivity contribution in [3.8, 4) is 0 Å². The molecule has 0 saturated carbocycles. The van der Waals surface area contributed by atoms with Gasteiger partial charge in [-0.2, -0.15) is 0 Å². The van der Waals surface area contributed by atoms with Gasteiger partial charge in [-0.15, -0.1) is 0 Å². The second-order valence-corrected chi connectivity index (χ2v) is 5.59. The maximum Gasteiger partial charge on any atom is 0.181 e. The van der Waals surface area contributed by atoms with Crippen LogP contribution in [0.4, 0.5) is 0 Å². The van der Waals surface area contributed by atoms with E-state index in [2.05, 4.69) is 40.8 Å². The van der Waals surface area contributed by atoms with Gasteiger partial charge in [-0.05, 0) is 33.8 Å². The van der Waals surface area contributed by atoms with E-state index in [0.717, 1.165) is 20.0 Å². The number of hydrogen-bond donors (Lipinski definition) is 1. The highest BCUT2D eigenvalue weighted by Crippen LogP contribution is 2.33. The summed E-state index contributed by atoms with van der Waals surface area (Å²) in [5.74, 6) is 0. The van der Waals surface area contributed by atoms with Crippen LogP contribution in [0.1, 0.15) is 0 Å². The van der Waals surface area contributed by atoms with Crippen molar-refractivity contribution in [2.24, 2.45) is 0 Å². The number of rotatable bonds is 2. The van der Waals surface area contributed by atoms with Crippen molar-refractivity contribution in [1.29, 1.82) is 0 Å². The number of nitrogens with one attached hydrogen (secondary N) is 1. The van der Waals surface area contributed by atoms with Crippen LogP contribution in [0.3, 0.4) is 0 Å². The number of pyridine rings is 1. The lowest BCUT2D eigenvalue weighted by Crippen LogP contribution is -1.88. The largest absolute Gasteiger partial charge is 0.341 e. The average molecular weight is 343 g/mol. The summed E-state index contributed by atoms with van der Waals surface area (Å²) in [6.07, 6.45) is 4.67. The predicted octanol–water partition coefficient (Wildman–Crippen LogP) is 3.32. The summed E-state index contributed by atoms with van der Waals surface area (Å²) >= 11 is 10.7. The second kappa shape index (κ2) is 4.83. The van der Waals surface area contributed by atoms with Crippen molar-refractivity contribution in [3.63, 3.8) is 0 Å². The number of fused-ring (bicyclic) bond motifs is 1. The van der Waals surface area contributed by atoms with Crippen LogP contribution in [0.5, 0.6) is 0 Å². The third kappa shape index (κ3) is 2.21. The number of halogens is 2. The third-order valence-electron chi connectivity index (χ3n) is 2.16. The Kier molecular flexibility index (Phi) is 3.19. The van der Waals surface area contributed by atoms with Crippen molar-refractivity contribution >= 4 is 50.5 Å². The number of aromatic nitrogens is 5. The predicted molar refractivity (Wildman–Crippen MR) is 72.8 cm³/mol. The van der Waals surface area contributed by atoms with Crippen LogP contribution in [0.25, 0.3) is 11.2 Å². The molecule has 0 spiro atoms. The first kappa shape index (κ1) is 11.9. The van der Waals surface area contributed by atoms with E-state index in [-0.39, 0.29) is 0 Å². The van der Waals surface area contributed by atoms with E-state index in [1.165, 1.54) is 18.1 Å². The van der Waals surface area contributed by atoms with Gasteiger partial charge in [-0.3, -0.25) is 0 Å². The van der Waals surface area contributed by atoms with Gasteiger partial charge in [0.2, 0.25) is 0 Å². The Balaban J connectivity index is 2.03. The molecule has 3 rings (SSSR count). The van der Waals surface area contributed by atoms with E-state index >= 15 is 0 Å². The molecular weight excluding hydrogens is 338 g/mol. The summed E-state index contributed by atoms with van der Waals surface area (Å²) in [5.41, 5.74) is 1.43. The van der Waals surface area contributed by atoms with Crippen LogP contribution >= 0.6 is 39.3 Å². The molecule has 0 radical (unpaired) electrons. The summed E-state index contributed by atoms with van der Waals surface area (Å²) in [5, 5.41) is 2.14. The molecule has 3 heterocycles. The van der Waals surface area contributed by atoms with Crippen LogP contribution < -0.4 is 0 Å². The minimum absolute atomic E-state index is 0.584. The highest BCUT2D eigenvalue weighted by molar-refractivity contribution is 9.10. The van der Waals surface area contributed by atoms with Crippen LogP contribution in [0.15, 0.2) is 39.4 Å². The number of hydrogen-bond acceptors (Lipinski definition) is 5. The Labute approximate surface area is 120 Å². The standard InChI is InChI=1S/C10H5BrClN5S/c11-6-1-5(12)2-13-9(6)18-10-7-8(15-3-14-7)16-4-17-10/h1-4H,(H,14,15,16,17). The first-order valence-electron chi connectivity index (χ1n) is 4.87. The van der Waals surface area contributed by atoms with Gasteiger partial charge in [0.15, 0.2) is 5.65 Å². The first-order chi connectivity index (χ1) is 8.74. The Bertz CT molecular complexity index is 716. The summed E-state index contributed by atoms with van der Waals surface area (Å²) in [4.78, 5) is 19.6. The molecule has 8 heteroatoms. The number of imidazole rings is 1. The van der Waals surface area contributed by atoms with Crippen molar-refractivity contribution in [3.05, 3.63) is 34.4 Å². The van der Waals surface area contributed by atoms with Crippen LogP contribution in [-0.2, 0) is 0 Å². The van der Waals surface area contributed by atoms with Gasteiger partial charge in [0.1, 0.15) is 21.9 Å². The van der Waals surface area contributed by atoms with Crippen LogP contribution in [-0.4, -0.2) is 24.9 Å². The topological polar surface area (TPSA) is 67.3 Å². The molecule has 0 atom stereocenters. The SMILES string of the molecule is Clc1cnc(Sc2ncnc3nc[nH]c23)c(Br)c1. The van der Waals surface area contributed by atoms with Gasteiger partial charge in [0.05, 0.1) is 15.8 Å². The molecule has 0 saturated heterocycles. The lowest BCUT2D eigenvalue weighted by Gasteiger charge is -2.03. The smallest absolute Gasteiger partial charge is 0.181 e. The zero-order chi connectivity index (χ0) is 12.5. The summed E-state index contributed by atoms with van der Waals surface area (Å²) in [6.45, 7) is 0. The zero-order valence-corrected chi connectivity index (χ0v) is 11.9. The molecule has 0 aliphatic carbocycles. The van der Waals surface area contributed by atoms with Crippen molar-refractivity contribution in [1.82, 2.24) is 24.9 Å². The molecule has 1 N–H and O–H groups in total. The molecule has 0 bridgehead atoms. The van der Waals surface area contributed by atoms with Crippen molar-refractivity contribution < 1.29 is 0 Å². The van der Waals surface area contributed by atoms with E-state index in [0.29, 0.717) is 10.7 Å². The maximum absolute atomic E-state index is 5.85. The van der Waals surface area contributed by atoms with Gasteiger partial charge in [-0.1, -0.05) is 11.6 Å². The van der Waals surface area contributed by atoms with Crippen LogP contribution in [0, 0.1) is 0 Å². The van der Waals surface area contributed by atoms with Gasteiger partial charge in [0.25, 0.3) is 0 Å². The Morgan fingerprint density at radius 3 is 2.89 bits per heavy atom. The molecular formula is C10H5BrClN5S. The Morgan fingerprint density at radius 1 is 1.17 bits per heavy atom. The van der Waals surface area contributed by atoms with Crippen LogP contribution in [0.2, 0.25) is 5.02 Å². The fourth-order valence-electron chi connectivity index (χ4n) is 1.39. The van der Waals surface area contributed by atoms with E-state index in [1.807, 2.05) is 0 Å². The van der Waals surface area contributed by atoms with Crippen molar-refractivity contribution in [2.75, 3.05) is 0 Å². The van der Waals surface area contributed by atoms with Gasteiger partial charge >= 0.3 is 0 Å². The molecule has 0 aliphatic heterocycles. The van der Waals surface area contributed by atoms with E-state index in [4.69, 9.17) is 11.6 Å². The lowest BCUT2D eigenvalue weighted by atomic mass is 10.5. The Morgan fingerprint density at radius 2 is 2.06 bits per heavy atom. The average Bonchev–Trinajstić information content (AvgIpc) is 2.82. The molecule has 0 unspecified atom stereocenters. The molecule has 0 aliphatic rings. The summed E-state index contributed by atoms with van der Waals surface area (Å²) in [7, 11) is 0. The summed E-state index contributed by atoms with van der Waals surface area (Å²) < 4.78 is 0.825. The number of nitrogens with zero attached hydrogens (tertiary/aromatic N) is 4. The highest BCUT2D eigenvalue weighted by atomic mass is 79.9. The fourth-order valence-corrected chi connectivity index (χ4v) is 3.07. The van der Waals surface area contributed by atoms with E-state index < -0.39 is 0 Å². The lowest BCUT2D eigenvalue weighted by molar-refractivity contribution is 1.06. The Hall–Kier alpha value is -1.18. The van der Waals surface area contributed by atoms with E-state index in [1.54, 1.807) is 18.6 Å². The molecule has 90 valence electrons. The van der Waals surface area contributed by atoms with Crippen molar-refractivity contribution in [2.45, 2.75) is 10.1 Å². The fraction of sp³-hybridized carbons (Fsp3) is 0. The summed E-state index contributed by atoms with van der Waals surface area (Å²) in [6, 6.07) is 1.79. The molecule has 18 heavy (non-hydrogen) atoms. The molecule has 0 fully saturated rings. The normalized spacial score (nSPS) is 11.0. The minimum Gasteiger partial charge on any atom is -0.341 e. The number of H-pyrrole nitrogens is 1. The van der Waals surface area contributed by atoms with Gasteiger partial charge in [-0.25, -0.2) is 19.9 Å². The first-order valence-corrected chi connectivity index (χ1v) is 6.86. The van der Waals surface area contributed by atoms with E-state index in [9.17, 15) is 0 Å². The van der Waals surface area contributed by atoms with Gasteiger partial charge < -0.3 is 4.98 Å². The third-order valence-corrected chi connectivity index (χ3v) is 4.25.